The van der Waals surface area contributed by atoms with Gasteiger partial charge in [0.1, 0.15) is 17.2 Å². The molecule has 3 heterocycles. The predicted molar refractivity (Wildman–Crippen MR) is 254 cm³/mol. The van der Waals surface area contributed by atoms with Gasteiger partial charge in [-0.05, 0) is 202 Å². The number of methoxy groups -OCH3 is 3. The molecule has 0 radical (unpaired) electrons. The third kappa shape index (κ3) is 11.6. The van der Waals surface area contributed by atoms with Crippen LogP contribution in [0.15, 0.2) is 66.2 Å². The Balaban J connectivity index is 0.000000141. The molecule has 9 nitrogen and oxygen atoms in total. The molecule has 7 aliphatic rings. The molecule has 3 aromatic carbocycles. The zero-order valence-corrected chi connectivity index (χ0v) is 40.6. The minimum Gasteiger partial charge on any atom is -0.497 e. The number of ether oxygens (including phenoxy) is 3. The fourth-order valence-electron chi connectivity index (χ4n) is 12.6. The van der Waals surface area contributed by atoms with Gasteiger partial charge in [-0.3, -0.25) is 14.4 Å². The van der Waals surface area contributed by atoms with Crippen LogP contribution < -0.4 is 14.2 Å². The Morgan fingerprint density at radius 3 is 1.09 bits per heavy atom. The van der Waals surface area contributed by atoms with Gasteiger partial charge in [-0.2, -0.15) is 26.3 Å². The number of hydrogen-bond acceptors (Lipinski definition) is 6. The standard InChI is InChI=1S/C21H27NO2.2C17H20F3NO2/c1-24-18-8-6-15-7-9-19(20(15)14-18)16-10-12-22(13-11-16)21(23)17-4-2-3-5-17;2*1-23-13-4-2-11-3-5-14(15(11)10-13)12-6-8-21(9-7-12)16(22)17(18,19)20/h4,6,8,14,16,19H,2-3,5,7,9-13H2,1H3;2*2,4,10,12,14H,3,5-9H2,1H3. The van der Waals surface area contributed by atoms with Crippen LogP contribution in [0.4, 0.5) is 26.3 Å². The number of nitrogens with zero attached hydrogens (tertiary/aromatic N) is 3. The highest BCUT2D eigenvalue weighted by atomic mass is 19.4. The van der Waals surface area contributed by atoms with Crippen LogP contribution in [-0.4, -0.2) is 105 Å². The molecule has 3 unspecified atom stereocenters. The van der Waals surface area contributed by atoms with Crippen molar-refractivity contribution in [3.8, 4) is 17.2 Å². The summed E-state index contributed by atoms with van der Waals surface area (Å²) >= 11 is 0. The number of fused-ring (bicyclic) bond motifs is 3. The van der Waals surface area contributed by atoms with E-state index < -0.39 is 24.2 Å². The number of likely N-dealkylation sites (tertiary alicyclic amines) is 3. The number of piperidine rings is 3. The van der Waals surface area contributed by atoms with Crippen LogP contribution >= 0.6 is 0 Å². The van der Waals surface area contributed by atoms with E-state index in [1.54, 1.807) is 21.3 Å². The lowest BCUT2D eigenvalue weighted by molar-refractivity contribution is -0.186. The third-order valence-electron chi connectivity index (χ3n) is 16.4. The highest BCUT2D eigenvalue weighted by molar-refractivity contribution is 5.93. The quantitative estimate of drug-likeness (QED) is 0.219. The number of allylic oxidation sites excluding steroid dienone is 1. The summed E-state index contributed by atoms with van der Waals surface area (Å²) in [6, 6.07) is 18.7. The molecule has 10 rings (SSSR count). The maximum Gasteiger partial charge on any atom is 0.471 e. The lowest BCUT2D eigenvalue weighted by Crippen LogP contribution is -2.45. The van der Waals surface area contributed by atoms with Crippen molar-refractivity contribution in [1.29, 1.82) is 0 Å². The molecule has 3 aliphatic heterocycles. The first-order chi connectivity index (χ1) is 33.6. The van der Waals surface area contributed by atoms with E-state index in [1.165, 1.54) is 46.2 Å². The van der Waals surface area contributed by atoms with Crippen molar-refractivity contribution < 1.29 is 54.9 Å². The van der Waals surface area contributed by atoms with E-state index in [4.69, 9.17) is 14.2 Å². The minimum atomic E-state index is -4.76. The number of carbonyl (C=O) groups is 3. The number of carbonyl (C=O) groups excluding carboxylic acids is 3. The molecule has 3 fully saturated rings. The lowest BCUT2D eigenvalue weighted by Gasteiger charge is -2.35. The van der Waals surface area contributed by atoms with Crippen LogP contribution in [0.3, 0.4) is 0 Å². The second-order valence-electron chi connectivity index (χ2n) is 20.1. The van der Waals surface area contributed by atoms with Gasteiger partial charge in [-0.1, -0.05) is 24.3 Å². The Morgan fingerprint density at radius 1 is 0.471 bits per heavy atom. The molecule has 0 saturated carbocycles. The molecular weight excluding hydrogens is 913 g/mol. The predicted octanol–water partition coefficient (Wildman–Crippen LogP) is 11.1. The third-order valence-corrected chi connectivity index (χ3v) is 16.4. The molecule has 3 aromatic rings. The first kappa shape index (κ1) is 51.2. The molecule has 3 saturated heterocycles. The Labute approximate surface area is 407 Å². The maximum atomic E-state index is 12.6. The second kappa shape index (κ2) is 22.1. The second-order valence-corrected chi connectivity index (χ2v) is 20.1. The number of benzene rings is 3. The summed E-state index contributed by atoms with van der Waals surface area (Å²) in [5, 5.41) is 0. The monoisotopic (exact) mass is 979 g/mol. The first-order valence-electron chi connectivity index (χ1n) is 25.3. The van der Waals surface area contributed by atoms with Crippen LogP contribution in [-0.2, 0) is 33.6 Å². The Hall–Kier alpha value is -5.21. The normalized spacial score (nSPS) is 22.7. The van der Waals surface area contributed by atoms with E-state index in [2.05, 4.69) is 53.4 Å². The van der Waals surface area contributed by atoms with Gasteiger partial charge in [0.2, 0.25) is 5.91 Å². The topological polar surface area (TPSA) is 88.6 Å². The lowest BCUT2D eigenvalue weighted by atomic mass is 9.80. The maximum absolute atomic E-state index is 12.6. The average Bonchev–Trinajstić information content (AvgIpc) is 4.22. The smallest absolute Gasteiger partial charge is 0.471 e. The molecule has 3 amide bonds. The molecule has 70 heavy (non-hydrogen) atoms. The molecule has 3 atom stereocenters. The van der Waals surface area contributed by atoms with E-state index in [9.17, 15) is 40.7 Å². The number of halogens is 6. The van der Waals surface area contributed by atoms with Crippen molar-refractivity contribution in [1.82, 2.24) is 14.7 Å². The fourth-order valence-corrected chi connectivity index (χ4v) is 12.6. The molecule has 15 heteroatoms. The largest absolute Gasteiger partial charge is 0.497 e. The average molecular weight is 980 g/mol. The number of amides is 3. The van der Waals surface area contributed by atoms with Crippen molar-refractivity contribution >= 4 is 17.7 Å². The van der Waals surface area contributed by atoms with E-state index in [-0.39, 0.29) is 26.2 Å². The molecule has 0 N–H and O–H groups in total. The zero-order valence-electron chi connectivity index (χ0n) is 40.6. The van der Waals surface area contributed by atoms with Crippen molar-refractivity contribution in [3.05, 3.63) is 99.6 Å². The van der Waals surface area contributed by atoms with Crippen LogP contribution in [0, 0.1) is 17.8 Å². The minimum absolute atomic E-state index is 0.193. The van der Waals surface area contributed by atoms with Gasteiger partial charge in [0, 0.05) is 44.8 Å². The molecule has 0 spiro atoms. The highest BCUT2D eigenvalue weighted by Gasteiger charge is 2.46. The SMILES string of the molecule is COc1ccc2c(c1)C(C1CCN(C(=O)C(F)(F)F)CC1)CC2.COc1ccc2c(c1)C(C1CCN(C(=O)C(F)(F)F)CC1)CC2.COc1ccc2c(c1)C(C1CCN(C(=O)C3=CCCC3)CC1)CC2. The fraction of sp³-hybridized carbons (Fsp3) is 0.582. The molecule has 0 bridgehead atoms. The number of alkyl halides is 6. The van der Waals surface area contributed by atoms with Gasteiger partial charge in [-0.15, -0.1) is 0 Å². The van der Waals surface area contributed by atoms with Crippen LogP contribution in [0.25, 0.3) is 0 Å². The summed E-state index contributed by atoms with van der Waals surface area (Å²) in [5.74, 6) is 2.26. The number of hydrogen-bond donors (Lipinski definition) is 0. The van der Waals surface area contributed by atoms with E-state index in [0.29, 0.717) is 67.1 Å². The van der Waals surface area contributed by atoms with E-state index >= 15 is 0 Å². The Kier molecular flexibility index (Phi) is 16.1. The highest BCUT2D eigenvalue weighted by Crippen LogP contribution is 2.47. The van der Waals surface area contributed by atoms with Crippen LogP contribution in [0.1, 0.15) is 128 Å². The Morgan fingerprint density at radius 2 is 0.800 bits per heavy atom. The van der Waals surface area contributed by atoms with Gasteiger partial charge < -0.3 is 28.9 Å². The summed E-state index contributed by atoms with van der Waals surface area (Å²) in [6.45, 7) is 2.63. The van der Waals surface area contributed by atoms with Gasteiger partial charge in [0.25, 0.3) is 0 Å². The van der Waals surface area contributed by atoms with Crippen LogP contribution in [0.5, 0.6) is 17.2 Å². The number of rotatable bonds is 7. The number of aryl methyl sites for hydroxylation is 3. The summed E-state index contributed by atoms with van der Waals surface area (Å²) < 4.78 is 91.0. The molecule has 4 aliphatic carbocycles. The van der Waals surface area contributed by atoms with Crippen molar-refractivity contribution in [2.45, 2.75) is 126 Å². The van der Waals surface area contributed by atoms with Crippen molar-refractivity contribution in [2.75, 3.05) is 60.6 Å². The van der Waals surface area contributed by atoms with Crippen LogP contribution in [0.2, 0.25) is 0 Å². The van der Waals surface area contributed by atoms with Gasteiger partial charge >= 0.3 is 24.2 Å². The molecular formula is C55H67F6N3O6. The van der Waals surface area contributed by atoms with E-state index in [1.807, 2.05) is 12.1 Å². The summed E-state index contributed by atoms with van der Waals surface area (Å²) in [4.78, 5) is 39.2. The molecule has 380 valence electrons. The first-order valence-corrected chi connectivity index (χ1v) is 25.3. The zero-order chi connectivity index (χ0) is 49.7. The summed E-state index contributed by atoms with van der Waals surface area (Å²) in [6.07, 6.45) is 7.14. The Bertz CT molecular complexity index is 2260. The van der Waals surface area contributed by atoms with E-state index in [0.717, 1.165) is 103 Å². The van der Waals surface area contributed by atoms with Gasteiger partial charge in [0.05, 0.1) is 21.3 Å². The van der Waals surface area contributed by atoms with Crippen molar-refractivity contribution in [2.24, 2.45) is 17.8 Å². The molecule has 0 aromatic heterocycles. The van der Waals surface area contributed by atoms with Gasteiger partial charge in [0.15, 0.2) is 0 Å². The van der Waals surface area contributed by atoms with Crippen molar-refractivity contribution in [3.63, 3.8) is 0 Å². The summed E-state index contributed by atoms with van der Waals surface area (Å²) in [7, 11) is 5.01. The summed E-state index contributed by atoms with van der Waals surface area (Å²) in [5.41, 5.74) is 9.21. The van der Waals surface area contributed by atoms with Gasteiger partial charge in [-0.25, -0.2) is 0 Å².